The number of carbonyl (C=O) groups is 2. The van der Waals surface area contributed by atoms with Crippen LogP contribution in [0.2, 0.25) is 0 Å². The number of rotatable bonds is 5. The van der Waals surface area contributed by atoms with Gasteiger partial charge in [0.05, 0.1) is 11.9 Å². The summed E-state index contributed by atoms with van der Waals surface area (Å²) in [6, 6.07) is 0. The van der Waals surface area contributed by atoms with Gasteiger partial charge in [0.1, 0.15) is 18.1 Å². The lowest BCUT2D eigenvalue weighted by Crippen LogP contribution is -2.23. The van der Waals surface area contributed by atoms with E-state index in [0.29, 0.717) is 12.4 Å². The number of aromatic nitrogens is 4. The van der Waals surface area contributed by atoms with Gasteiger partial charge in [0, 0.05) is 18.3 Å². The number of hydrogen-bond donors (Lipinski definition) is 3. The molecular weight excluding hydrogens is 274 g/mol. The highest BCUT2D eigenvalue weighted by Gasteiger charge is 2.17. The zero-order valence-corrected chi connectivity index (χ0v) is 11.8. The van der Waals surface area contributed by atoms with Gasteiger partial charge in [-0.3, -0.25) is 19.0 Å². The summed E-state index contributed by atoms with van der Waals surface area (Å²) in [5.41, 5.74) is 12.2. The van der Waals surface area contributed by atoms with E-state index in [1.165, 1.54) is 15.6 Å². The molecule has 2 heterocycles. The average molecular weight is 291 g/mol. The van der Waals surface area contributed by atoms with E-state index in [4.69, 9.17) is 11.5 Å². The molecule has 5 N–H and O–H groups in total. The smallest absolute Gasteiger partial charge is 0.269 e. The first-order chi connectivity index (χ1) is 9.92. The Morgan fingerprint density at radius 3 is 2.67 bits per heavy atom. The van der Waals surface area contributed by atoms with E-state index < -0.39 is 5.91 Å². The van der Waals surface area contributed by atoms with E-state index in [1.807, 2.05) is 6.92 Å². The number of nitrogens with two attached hydrogens (primary N) is 2. The average Bonchev–Trinajstić information content (AvgIpc) is 2.93. The van der Waals surface area contributed by atoms with Crippen molar-refractivity contribution in [2.45, 2.75) is 26.9 Å². The summed E-state index contributed by atoms with van der Waals surface area (Å²) in [4.78, 5) is 23.4. The van der Waals surface area contributed by atoms with Crippen LogP contribution in [0.1, 0.15) is 23.0 Å². The predicted molar refractivity (Wildman–Crippen MR) is 76.4 cm³/mol. The van der Waals surface area contributed by atoms with E-state index in [-0.39, 0.29) is 23.8 Å². The fourth-order valence-corrected chi connectivity index (χ4v) is 1.93. The third-order valence-corrected chi connectivity index (χ3v) is 2.93. The lowest BCUT2D eigenvalue weighted by atomic mass is 10.3. The minimum absolute atomic E-state index is 0.0203. The first-order valence-corrected chi connectivity index (χ1v) is 6.37. The Balaban J connectivity index is 2.13. The van der Waals surface area contributed by atoms with Gasteiger partial charge in [0.15, 0.2) is 0 Å². The molecule has 9 heteroatoms. The topological polar surface area (TPSA) is 134 Å². The van der Waals surface area contributed by atoms with Crippen LogP contribution in [0.15, 0.2) is 12.4 Å². The van der Waals surface area contributed by atoms with Crippen molar-refractivity contribution in [2.75, 3.05) is 11.1 Å². The Morgan fingerprint density at radius 2 is 2.14 bits per heavy atom. The van der Waals surface area contributed by atoms with Gasteiger partial charge >= 0.3 is 0 Å². The molecule has 0 bridgehead atoms. The van der Waals surface area contributed by atoms with Crippen LogP contribution in [-0.4, -0.2) is 31.4 Å². The van der Waals surface area contributed by atoms with Gasteiger partial charge in [-0.15, -0.1) is 0 Å². The maximum absolute atomic E-state index is 12.0. The first-order valence-electron chi connectivity index (χ1n) is 6.37. The second kappa shape index (κ2) is 5.65. The minimum Gasteiger partial charge on any atom is -0.382 e. The number of aryl methyl sites for hydroxylation is 2. The van der Waals surface area contributed by atoms with E-state index in [2.05, 4.69) is 15.5 Å². The Hall–Kier alpha value is -2.84. The molecule has 2 amide bonds. The molecule has 0 radical (unpaired) electrons. The summed E-state index contributed by atoms with van der Waals surface area (Å²) in [5, 5.41) is 10.6. The van der Waals surface area contributed by atoms with Gasteiger partial charge in [0.25, 0.3) is 5.91 Å². The van der Waals surface area contributed by atoms with E-state index in [9.17, 15) is 9.59 Å². The van der Waals surface area contributed by atoms with Crippen LogP contribution < -0.4 is 16.8 Å². The number of nitrogens with zero attached hydrogens (tertiary/aromatic N) is 4. The number of amides is 2. The Bertz CT molecular complexity index is 666. The number of anilines is 2. The Morgan fingerprint density at radius 1 is 1.43 bits per heavy atom. The van der Waals surface area contributed by atoms with Gasteiger partial charge < -0.3 is 16.8 Å². The summed E-state index contributed by atoms with van der Waals surface area (Å²) in [6.07, 6.45) is 3.06. The highest BCUT2D eigenvalue weighted by Crippen LogP contribution is 2.14. The van der Waals surface area contributed by atoms with Crippen LogP contribution in [0.25, 0.3) is 0 Å². The molecule has 112 valence electrons. The van der Waals surface area contributed by atoms with Crippen molar-refractivity contribution in [1.29, 1.82) is 0 Å². The third kappa shape index (κ3) is 3.02. The molecule has 0 aliphatic rings. The second-order valence-electron chi connectivity index (χ2n) is 4.53. The lowest BCUT2D eigenvalue weighted by Gasteiger charge is -2.06. The van der Waals surface area contributed by atoms with Crippen molar-refractivity contribution in [3.8, 4) is 0 Å². The molecule has 0 aliphatic heterocycles. The minimum atomic E-state index is -0.649. The molecule has 9 nitrogen and oxygen atoms in total. The molecule has 0 saturated carbocycles. The lowest BCUT2D eigenvalue weighted by molar-refractivity contribution is -0.116. The quantitative estimate of drug-likeness (QED) is 0.697. The summed E-state index contributed by atoms with van der Waals surface area (Å²) < 4.78 is 2.85. The van der Waals surface area contributed by atoms with E-state index >= 15 is 0 Å². The van der Waals surface area contributed by atoms with E-state index in [0.717, 1.165) is 5.56 Å². The van der Waals surface area contributed by atoms with Gasteiger partial charge in [0.2, 0.25) is 5.91 Å². The van der Waals surface area contributed by atoms with Crippen LogP contribution >= 0.6 is 0 Å². The summed E-state index contributed by atoms with van der Waals surface area (Å²) in [6.45, 7) is 4.07. The molecule has 0 fully saturated rings. The summed E-state index contributed by atoms with van der Waals surface area (Å²) >= 11 is 0. The fraction of sp³-hybridized carbons (Fsp3) is 0.333. The van der Waals surface area contributed by atoms with Crippen LogP contribution in [0.4, 0.5) is 11.5 Å². The monoisotopic (exact) mass is 291 g/mol. The van der Waals surface area contributed by atoms with Crippen molar-refractivity contribution in [1.82, 2.24) is 19.6 Å². The Labute approximate surface area is 120 Å². The van der Waals surface area contributed by atoms with Crippen molar-refractivity contribution < 1.29 is 9.59 Å². The van der Waals surface area contributed by atoms with Gasteiger partial charge in [-0.1, -0.05) is 0 Å². The molecule has 0 saturated heterocycles. The number of primary amides is 1. The molecule has 2 aromatic rings. The number of nitrogens with one attached hydrogen (secondary N) is 1. The highest BCUT2D eigenvalue weighted by atomic mass is 16.2. The zero-order valence-electron chi connectivity index (χ0n) is 11.8. The van der Waals surface area contributed by atoms with Crippen molar-refractivity contribution in [3.05, 3.63) is 23.7 Å². The van der Waals surface area contributed by atoms with Crippen molar-refractivity contribution in [3.63, 3.8) is 0 Å². The molecule has 2 rings (SSSR count). The molecule has 2 aromatic heterocycles. The van der Waals surface area contributed by atoms with Gasteiger partial charge in [-0.05, 0) is 13.8 Å². The van der Waals surface area contributed by atoms with Gasteiger partial charge in [-0.25, -0.2) is 0 Å². The van der Waals surface area contributed by atoms with E-state index in [1.54, 1.807) is 13.1 Å². The number of carbonyl (C=O) groups excluding carboxylic acids is 2. The predicted octanol–water partition coefficient (Wildman–Crippen LogP) is -0.272. The molecule has 0 atom stereocenters. The normalized spacial score (nSPS) is 10.6. The zero-order chi connectivity index (χ0) is 15.6. The maximum atomic E-state index is 12.0. The number of hydrogen-bond acceptors (Lipinski definition) is 5. The molecule has 0 unspecified atom stereocenters. The van der Waals surface area contributed by atoms with Gasteiger partial charge in [-0.2, -0.15) is 10.2 Å². The third-order valence-electron chi connectivity index (χ3n) is 2.93. The maximum Gasteiger partial charge on any atom is 0.269 e. The van der Waals surface area contributed by atoms with Crippen LogP contribution in [0, 0.1) is 6.92 Å². The molecule has 0 spiro atoms. The fourth-order valence-electron chi connectivity index (χ4n) is 1.93. The van der Waals surface area contributed by atoms with Crippen LogP contribution in [-0.2, 0) is 17.9 Å². The van der Waals surface area contributed by atoms with Crippen LogP contribution in [0.3, 0.4) is 0 Å². The summed E-state index contributed by atoms with van der Waals surface area (Å²) in [7, 11) is 0. The SMILES string of the molecule is CCn1ncc(NC(=O)Cn2cc(C)c(N)n2)c1C(N)=O. The highest BCUT2D eigenvalue weighted by molar-refractivity contribution is 6.01. The molecule has 21 heavy (non-hydrogen) atoms. The van der Waals surface area contributed by atoms with Crippen molar-refractivity contribution in [2.24, 2.45) is 5.73 Å². The van der Waals surface area contributed by atoms with Crippen LogP contribution in [0.5, 0.6) is 0 Å². The van der Waals surface area contributed by atoms with Crippen molar-refractivity contribution >= 4 is 23.3 Å². The molecule has 0 aliphatic carbocycles. The standard InChI is InChI=1S/C12H17N7O2/c1-3-19-10(12(14)21)8(4-15-19)16-9(20)6-18-5-7(2)11(13)17-18/h4-5H,3,6H2,1-2H3,(H2,13,17)(H2,14,21)(H,16,20). The second-order valence-corrected chi connectivity index (χ2v) is 4.53. The number of nitrogen functional groups attached to an aromatic ring is 1. The first kappa shape index (κ1) is 14.6. The molecule has 0 aromatic carbocycles. The molecular formula is C12H17N7O2. The summed E-state index contributed by atoms with van der Waals surface area (Å²) in [5.74, 6) is -0.626. The Kier molecular flexibility index (Phi) is 3.92. The largest absolute Gasteiger partial charge is 0.382 e.